The van der Waals surface area contributed by atoms with Crippen LogP contribution in [-0.4, -0.2) is 44.5 Å². The highest BCUT2D eigenvalue weighted by Gasteiger charge is 2.27. The third-order valence-corrected chi connectivity index (χ3v) is 6.87. The Kier molecular flexibility index (Phi) is 6.48. The number of ether oxygens (including phenoxy) is 1. The van der Waals surface area contributed by atoms with E-state index >= 15 is 0 Å². The van der Waals surface area contributed by atoms with Crippen molar-refractivity contribution >= 4 is 39.9 Å². The van der Waals surface area contributed by atoms with E-state index in [0.29, 0.717) is 44.0 Å². The van der Waals surface area contributed by atoms with E-state index in [1.54, 1.807) is 12.3 Å². The Balaban J connectivity index is 1.48. The molecule has 1 saturated heterocycles. The highest BCUT2D eigenvalue weighted by atomic mass is 35.5. The number of nitrogens with zero attached hydrogens (tertiary/aromatic N) is 5. The van der Waals surface area contributed by atoms with Gasteiger partial charge in [0.2, 0.25) is 0 Å². The summed E-state index contributed by atoms with van der Waals surface area (Å²) in [6.45, 7) is 2.67. The number of rotatable bonds is 6. The van der Waals surface area contributed by atoms with Gasteiger partial charge in [0.1, 0.15) is 29.4 Å². The summed E-state index contributed by atoms with van der Waals surface area (Å²) in [4.78, 5) is 10.6. The molecule has 1 aliphatic rings. The van der Waals surface area contributed by atoms with Crippen LogP contribution >= 0.6 is 23.2 Å². The predicted molar refractivity (Wildman–Crippen MR) is 135 cm³/mol. The minimum atomic E-state index is -0.406. The van der Waals surface area contributed by atoms with Gasteiger partial charge in [0, 0.05) is 41.6 Å². The standard InChI is InChI=1S/C25H22Cl2N6O2/c1-14(23-20(26)11-29-12-21(23)27)35-18-4-5-22-19(8-18)24(32-31-22)16-7-15(9-28)25(30-10-16)33-6-2-3-17(33)13-34/h4-5,7-8,10-12,14,17,34H,2-3,6,13H2,1H3,(H,31,32)/t14?,17-/m1/s1. The van der Waals surface area contributed by atoms with Crippen molar-refractivity contribution in [1.29, 1.82) is 5.26 Å². The number of aromatic nitrogens is 4. The summed E-state index contributed by atoms with van der Waals surface area (Å²) >= 11 is 12.6. The third-order valence-electron chi connectivity index (χ3n) is 6.26. The largest absolute Gasteiger partial charge is 0.486 e. The van der Waals surface area contributed by atoms with E-state index in [-0.39, 0.29) is 12.6 Å². The molecule has 1 aromatic carbocycles. The van der Waals surface area contributed by atoms with Crippen LogP contribution < -0.4 is 9.64 Å². The summed E-state index contributed by atoms with van der Waals surface area (Å²) in [6.07, 6.45) is 6.22. The van der Waals surface area contributed by atoms with Crippen molar-refractivity contribution in [1.82, 2.24) is 20.2 Å². The number of benzene rings is 1. The number of pyridine rings is 2. The topological polar surface area (TPSA) is 111 Å². The summed E-state index contributed by atoms with van der Waals surface area (Å²) in [7, 11) is 0. The summed E-state index contributed by atoms with van der Waals surface area (Å²) < 4.78 is 6.15. The zero-order valence-electron chi connectivity index (χ0n) is 18.9. The van der Waals surface area contributed by atoms with Crippen LogP contribution in [0.3, 0.4) is 0 Å². The van der Waals surface area contributed by atoms with E-state index in [9.17, 15) is 10.4 Å². The van der Waals surface area contributed by atoms with Gasteiger partial charge in [-0.25, -0.2) is 4.98 Å². The van der Waals surface area contributed by atoms with Crippen molar-refractivity contribution in [2.24, 2.45) is 0 Å². The molecule has 178 valence electrons. The molecule has 1 fully saturated rings. The first-order valence-electron chi connectivity index (χ1n) is 11.2. The minimum Gasteiger partial charge on any atom is -0.486 e. The molecule has 0 saturated carbocycles. The van der Waals surface area contributed by atoms with Crippen molar-refractivity contribution in [3.63, 3.8) is 0 Å². The number of aromatic amines is 1. The van der Waals surface area contributed by atoms with Crippen LogP contribution in [0, 0.1) is 11.3 Å². The Morgan fingerprint density at radius 3 is 2.80 bits per heavy atom. The number of anilines is 1. The van der Waals surface area contributed by atoms with E-state index in [4.69, 9.17) is 27.9 Å². The summed E-state index contributed by atoms with van der Waals surface area (Å²) in [5.41, 5.74) is 3.30. The van der Waals surface area contributed by atoms with Gasteiger partial charge in [0.25, 0.3) is 0 Å². The molecule has 3 aromatic heterocycles. The van der Waals surface area contributed by atoms with Gasteiger partial charge in [-0.3, -0.25) is 10.1 Å². The maximum absolute atomic E-state index is 9.82. The lowest BCUT2D eigenvalue weighted by Crippen LogP contribution is -2.33. The maximum atomic E-state index is 9.82. The first-order chi connectivity index (χ1) is 17.0. The number of fused-ring (bicyclic) bond motifs is 1. The zero-order chi connectivity index (χ0) is 24.5. The fourth-order valence-corrected chi connectivity index (χ4v) is 5.23. The van der Waals surface area contributed by atoms with Gasteiger partial charge < -0.3 is 14.7 Å². The van der Waals surface area contributed by atoms with Crippen molar-refractivity contribution in [3.8, 4) is 23.1 Å². The first kappa shape index (κ1) is 23.4. The molecular formula is C25H22Cl2N6O2. The molecule has 0 bridgehead atoms. The van der Waals surface area contributed by atoms with Gasteiger partial charge >= 0.3 is 0 Å². The molecule has 0 spiro atoms. The van der Waals surface area contributed by atoms with E-state index in [1.807, 2.05) is 30.0 Å². The summed E-state index contributed by atoms with van der Waals surface area (Å²) in [6, 6.07) is 9.63. The van der Waals surface area contributed by atoms with E-state index in [0.717, 1.165) is 30.3 Å². The lowest BCUT2D eigenvalue weighted by Gasteiger charge is -2.25. The molecule has 5 rings (SSSR count). The van der Waals surface area contributed by atoms with Gasteiger partial charge in [0.15, 0.2) is 0 Å². The molecular weight excluding hydrogens is 487 g/mol. The van der Waals surface area contributed by atoms with E-state index in [1.165, 1.54) is 12.4 Å². The second-order valence-electron chi connectivity index (χ2n) is 8.44. The molecule has 0 aliphatic carbocycles. The molecule has 4 heterocycles. The smallest absolute Gasteiger partial charge is 0.146 e. The van der Waals surface area contributed by atoms with Gasteiger partial charge in [-0.05, 0) is 44.0 Å². The SMILES string of the molecule is CC(Oc1ccc2[nH]nc(-c3cnc(N4CCC[C@@H]4CO)c(C#N)c3)c2c1)c1c(Cl)cncc1Cl. The molecule has 0 amide bonds. The number of aliphatic hydroxyl groups excluding tert-OH is 1. The Labute approximate surface area is 212 Å². The number of nitrogens with one attached hydrogen (secondary N) is 1. The summed E-state index contributed by atoms with van der Waals surface area (Å²) in [5, 5.41) is 28.7. The molecule has 8 nitrogen and oxygen atoms in total. The van der Waals surface area contributed by atoms with E-state index < -0.39 is 6.10 Å². The Morgan fingerprint density at radius 1 is 1.26 bits per heavy atom. The Bertz CT molecular complexity index is 1410. The molecule has 2 N–H and O–H groups in total. The van der Waals surface area contributed by atoms with Gasteiger partial charge in [-0.2, -0.15) is 10.4 Å². The highest BCUT2D eigenvalue weighted by molar-refractivity contribution is 6.35. The molecule has 1 aliphatic heterocycles. The number of nitriles is 1. The first-order valence-corrected chi connectivity index (χ1v) is 12.0. The third kappa shape index (κ3) is 4.39. The summed E-state index contributed by atoms with van der Waals surface area (Å²) in [5.74, 6) is 1.21. The van der Waals surface area contributed by atoms with Gasteiger partial charge in [-0.15, -0.1) is 0 Å². The molecule has 4 aromatic rings. The second kappa shape index (κ2) is 9.70. The Hall–Kier alpha value is -3.38. The fourth-order valence-electron chi connectivity index (χ4n) is 4.56. The van der Waals surface area contributed by atoms with Crippen LogP contribution in [0.5, 0.6) is 5.75 Å². The quantitative estimate of drug-likeness (QED) is 0.363. The van der Waals surface area contributed by atoms with Gasteiger partial charge in [-0.1, -0.05) is 23.2 Å². The van der Waals surface area contributed by atoms with Crippen LogP contribution in [0.1, 0.15) is 37.0 Å². The van der Waals surface area contributed by atoms with Crippen molar-refractivity contribution in [2.45, 2.75) is 31.9 Å². The molecule has 2 atom stereocenters. The van der Waals surface area contributed by atoms with Crippen molar-refractivity contribution < 1.29 is 9.84 Å². The average Bonchev–Trinajstić information content (AvgIpc) is 3.50. The molecule has 1 unspecified atom stereocenters. The van der Waals surface area contributed by atoms with Gasteiger partial charge in [0.05, 0.1) is 33.8 Å². The monoisotopic (exact) mass is 508 g/mol. The number of hydrogen-bond acceptors (Lipinski definition) is 7. The fraction of sp³-hybridized carbons (Fsp3) is 0.280. The van der Waals surface area contributed by atoms with Crippen LogP contribution in [0.4, 0.5) is 5.82 Å². The van der Waals surface area contributed by atoms with E-state index in [2.05, 4.69) is 26.2 Å². The molecule has 10 heteroatoms. The van der Waals surface area contributed by atoms with Crippen molar-refractivity contribution in [3.05, 3.63) is 64.0 Å². The normalized spacial score (nSPS) is 16.4. The van der Waals surface area contributed by atoms with Crippen LogP contribution in [0.25, 0.3) is 22.2 Å². The number of aliphatic hydroxyl groups is 1. The predicted octanol–water partition coefficient (Wildman–Crippen LogP) is 5.30. The highest BCUT2D eigenvalue weighted by Crippen LogP contribution is 2.36. The zero-order valence-corrected chi connectivity index (χ0v) is 20.4. The minimum absolute atomic E-state index is 0.0178. The number of H-pyrrole nitrogens is 1. The van der Waals surface area contributed by atoms with Crippen LogP contribution in [0.2, 0.25) is 10.0 Å². The Morgan fingerprint density at radius 2 is 2.06 bits per heavy atom. The van der Waals surface area contributed by atoms with Crippen LogP contribution in [-0.2, 0) is 0 Å². The number of halogens is 2. The number of hydrogen-bond donors (Lipinski definition) is 2. The van der Waals surface area contributed by atoms with Crippen LogP contribution in [0.15, 0.2) is 42.9 Å². The lowest BCUT2D eigenvalue weighted by atomic mass is 10.1. The average molecular weight is 509 g/mol. The maximum Gasteiger partial charge on any atom is 0.146 e. The van der Waals surface area contributed by atoms with Crippen molar-refractivity contribution in [2.75, 3.05) is 18.1 Å². The second-order valence-corrected chi connectivity index (χ2v) is 9.25. The molecule has 35 heavy (non-hydrogen) atoms. The lowest BCUT2D eigenvalue weighted by molar-refractivity contribution is 0.227. The molecule has 0 radical (unpaired) electrons.